The molecule has 0 aliphatic carbocycles. The van der Waals surface area contributed by atoms with Crippen LogP contribution in [0.5, 0.6) is 0 Å². The summed E-state index contributed by atoms with van der Waals surface area (Å²) in [4.78, 5) is 19.5. The van der Waals surface area contributed by atoms with Gasteiger partial charge in [-0.2, -0.15) is 0 Å². The van der Waals surface area contributed by atoms with Crippen molar-refractivity contribution < 1.29 is 4.79 Å². The third-order valence-electron chi connectivity index (χ3n) is 4.80. The maximum Gasteiger partial charge on any atom is 0.253 e. The van der Waals surface area contributed by atoms with Gasteiger partial charge in [0.1, 0.15) is 5.82 Å². The summed E-state index contributed by atoms with van der Waals surface area (Å²) >= 11 is 0. The summed E-state index contributed by atoms with van der Waals surface area (Å²) in [5.74, 6) is 1.59. The topological polar surface area (TPSA) is 38.1 Å². The number of carbonyl (C=O) groups excluding carboxylic acids is 1. The third kappa shape index (κ3) is 3.37. The Kier molecular flexibility index (Phi) is 4.74. The van der Waals surface area contributed by atoms with Crippen molar-refractivity contribution in [1.29, 1.82) is 0 Å². The predicted octanol–water partition coefficient (Wildman–Crippen LogP) is 4.10. The zero-order valence-electron chi connectivity index (χ0n) is 15.1. The highest BCUT2D eigenvalue weighted by Crippen LogP contribution is 2.28. The van der Waals surface area contributed by atoms with Crippen LogP contribution < -0.4 is 0 Å². The standard InChI is InChI=1S/C20H27N3O/c1-14(2)23-9-7-21-19(23)17-6-5-8-22(13-17)20(24)18-11-15(3)10-16(4)12-18/h7,9-12,14,17H,5-6,8,13H2,1-4H3. The number of hydrogen-bond donors (Lipinski definition) is 0. The van der Waals surface area contributed by atoms with E-state index in [4.69, 9.17) is 0 Å². The highest BCUT2D eigenvalue weighted by Gasteiger charge is 2.28. The fraction of sp³-hybridized carbons (Fsp3) is 0.500. The Bertz CT molecular complexity index is 712. The smallest absolute Gasteiger partial charge is 0.253 e. The third-order valence-corrected chi connectivity index (χ3v) is 4.80. The van der Waals surface area contributed by atoms with Gasteiger partial charge in [-0.25, -0.2) is 4.98 Å². The molecule has 1 aliphatic rings. The lowest BCUT2D eigenvalue weighted by atomic mass is 9.96. The van der Waals surface area contributed by atoms with Crippen molar-refractivity contribution in [3.63, 3.8) is 0 Å². The average molecular weight is 325 g/mol. The van der Waals surface area contributed by atoms with Crippen LogP contribution in [0.4, 0.5) is 0 Å². The first kappa shape index (κ1) is 16.7. The molecule has 0 radical (unpaired) electrons. The maximum absolute atomic E-state index is 12.9. The number of nitrogens with zero attached hydrogens (tertiary/aromatic N) is 3. The van der Waals surface area contributed by atoms with Gasteiger partial charge in [-0.15, -0.1) is 0 Å². The van der Waals surface area contributed by atoms with E-state index in [9.17, 15) is 4.79 Å². The van der Waals surface area contributed by atoms with Crippen LogP contribution in [0.2, 0.25) is 0 Å². The number of imidazole rings is 1. The number of piperidine rings is 1. The highest BCUT2D eigenvalue weighted by molar-refractivity contribution is 5.94. The molecular weight excluding hydrogens is 298 g/mol. The molecule has 1 saturated heterocycles. The number of amides is 1. The van der Waals surface area contributed by atoms with Gasteiger partial charge in [0, 0.05) is 43.0 Å². The van der Waals surface area contributed by atoms with Gasteiger partial charge < -0.3 is 9.47 Å². The fourth-order valence-corrected chi connectivity index (χ4v) is 3.73. The summed E-state index contributed by atoms with van der Waals surface area (Å²) in [5, 5.41) is 0. The molecule has 1 aliphatic heterocycles. The van der Waals surface area contributed by atoms with Crippen LogP contribution in [0, 0.1) is 13.8 Å². The summed E-state index contributed by atoms with van der Waals surface area (Å²) in [6.07, 6.45) is 6.05. The van der Waals surface area contributed by atoms with Gasteiger partial charge in [0.2, 0.25) is 0 Å². The van der Waals surface area contributed by atoms with E-state index >= 15 is 0 Å². The molecule has 1 aromatic heterocycles. The average Bonchev–Trinajstić information content (AvgIpc) is 3.03. The Labute approximate surface area is 144 Å². The molecule has 1 aromatic carbocycles. The zero-order valence-corrected chi connectivity index (χ0v) is 15.1. The van der Waals surface area contributed by atoms with Crippen molar-refractivity contribution in [1.82, 2.24) is 14.5 Å². The molecule has 128 valence electrons. The highest BCUT2D eigenvalue weighted by atomic mass is 16.2. The largest absolute Gasteiger partial charge is 0.338 e. The first-order chi connectivity index (χ1) is 11.5. The molecule has 3 rings (SSSR count). The molecule has 0 N–H and O–H groups in total. The minimum atomic E-state index is 0.147. The molecule has 24 heavy (non-hydrogen) atoms. The Balaban J connectivity index is 1.80. The molecule has 2 aromatic rings. The first-order valence-electron chi connectivity index (χ1n) is 8.86. The Hall–Kier alpha value is -2.10. The SMILES string of the molecule is Cc1cc(C)cc(C(=O)N2CCCC(c3nccn3C(C)C)C2)c1. The summed E-state index contributed by atoms with van der Waals surface area (Å²) in [7, 11) is 0. The molecule has 0 spiro atoms. The quantitative estimate of drug-likeness (QED) is 0.852. The lowest BCUT2D eigenvalue weighted by Crippen LogP contribution is -2.39. The zero-order chi connectivity index (χ0) is 17.3. The molecule has 1 atom stereocenters. The minimum absolute atomic E-state index is 0.147. The van der Waals surface area contributed by atoms with Crippen molar-refractivity contribution in [3.8, 4) is 0 Å². The van der Waals surface area contributed by atoms with Gasteiger partial charge in [-0.3, -0.25) is 4.79 Å². The fourth-order valence-electron chi connectivity index (χ4n) is 3.73. The van der Waals surface area contributed by atoms with E-state index in [1.807, 2.05) is 43.3 Å². The molecule has 4 nitrogen and oxygen atoms in total. The second-order valence-electron chi connectivity index (χ2n) is 7.25. The molecule has 0 bridgehead atoms. The summed E-state index contributed by atoms with van der Waals surface area (Å²) in [5.41, 5.74) is 3.09. The van der Waals surface area contributed by atoms with Gasteiger partial charge in [-0.05, 0) is 52.7 Å². The molecule has 4 heteroatoms. The number of hydrogen-bond acceptors (Lipinski definition) is 2. The molecule has 2 heterocycles. The Morgan fingerprint density at radius 3 is 2.58 bits per heavy atom. The molecule has 1 fully saturated rings. The van der Waals surface area contributed by atoms with Gasteiger partial charge >= 0.3 is 0 Å². The van der Waals surface area contributed by atoms with Crippen LogP contribution in [0.15, 0.2) is 30.6 Å². The lowest BCUT2D eigenvalue weighted by molar-refractivity contribution is 0.0703. The van der Waals surface area contributed by atoms with E-state index in [-0.39, 0.29) is 5.91 Å². The summed E-state index contributed by atoms with van der Waals surface area (Å²) < 4.78 is 2.23. The predicted molar refractivity (Wildman–Crippen MR) is 96.4 cm³/mol. The van der Waals surface area contributed by atoms with Crippen molar-refractivity contribution in [2.45, 2.75) is 52.5 Å². The van der Waals surface area contributed by atoms with E-state index in [1.54, 1.807) is 0 Å². The van der Waals surface area contributed by atoms with Crippen molar-refractivity contribution in [2.24, 2.45) is 0 Å². The van der Waals surface area contributed by atoms with E-state index < -0.39 is 0 Å². The second kappa shape index (κ2) is 6.80. The van der Waals surface area contributed by atoms with Crippen molar-refractivity contribution >= 4 is 5.91 Å². The Morgan fingerprint density at radius 2 is 1.92 bits per heavy atom. The van der Waals surface area contributed by atoms with E-state index in [0.29, 0.717) is 12.0 Å². The van der Waals surface area contributed by atoms with Crippen LogP contribution in [-0.2, 0) is 0 Å². The van der Waals surface area contributed by atoms with Crippen molar-refractivity contribution in [3.05, 3.63) is 53.1 Å². The number of aromatic nitrogens is 2. The van der Waals surface area contributed by atoms with Crippen LogP contribution >= 0.6 is 0 Å². The van der Waals surface area contributed by atoms with Gasteiger partial charge in [0.25, 0.3) is 5.91 Å². The van der Waals surface area contributed by atoms with Crippen molar-refractivity contribution in [2.75, 3.05) is 13.1 Å². The number of aryl methyl sites for hydroxylation is 2. The summed E-state index contributed by atoms with van der Waals surface area (Å²) in [6.45, 7) is 10.0. The molecular formula is C20H27N3O. The number of benzene rings is 1. The monoisotopic (exact) mass is 325 g/mol. The van der Waals surface area contributed by atoms with Crippen LogP contribution in [-0.4, -0.2) is 33.4 Å². The summed E-state index contributed by atoms with van der Waals surface area (Å²) in [6, 6.07) is 6.49. The maximum atomic E-state index is 12.9. The molecule has 1 unspecified atom stereocenters. The van der Waals surface area contributed by atoms with E-state index in [1.165, 1.54) is 0 Å². The lowest BCUT2D eigenvalue weighted by Gasteiger charge is -2.33. The molecule has 0 saturated carbocycles. The number of carbonyl (C=O) groups is 1. The Morgan fingerprint density at radius 1 is 1.21 bits per heavy atom. The van der Waals surface area contributed by atoms with Crippen LogP contribution in [0.1, 0.15) is 66.0 Å². The van der Waals surface area contributed by atoms with Gasteiger partial charge in [0.05, 0.1) is 0 Å². The van der Waals surface area contributed by atoms with Gasteiger partial charge in [0.15, 0.2) is 0 Å². The number of rotatable bonds is 3. The molecule has 1 amide bonds. The first-order valence-corrected chi connectivity index (χ1v) is 8.86. The number of likely N-dealkylation sites (tertiary alicyclic amines) is 1. The second-order valence-corrected chi connectivity index (χ2v) is 7.25. The van der Waals surface area contributed by atoms with Gasteiger partial charge in [-0.1, -0.05) is 17.2 Å². The normalized spacial score (nSPS) is 18.2. The van der Waals surface area contributed by atoms with Crippen LogP contribution in [0.3, 0.4) is 0 Å². The van der Waals surface area contributed by atoms with E-state index in [2.05, 4.69) is 29.5 Å². The van der Waals surface area contributed by atoms with Crippen LogP contribution in [0.25, 0.3) is 0 Å². The minimum Gasteiger partial charge on any atom is -0.338 e. The van der Waals surface area contributed by atoms with E-state index in [0.717, 1.165) is 48.4 Å².